The Morgan fingerprint density at radius 1 is 1.03 bits per heavy atom. The summed E-state index contributed by atoms with van der Waals surface area (Å²) in [5.74, 6) is -0.362. The van der Waals surface area contributed by atoms with E-state index in [1.165, 1.54) is 11.1 Å². The number of rotatable bonds is 7. The van der Waals surface area contributed by atoms with Gasteiger partial charge in [0, 0.05) is 4.47 Å². The molecular weight excluding hydrogens is 500 g/mol. The Morgan fingerprint density at radius 3 is 2.48 bits per heavy atom. The molecule has 33 heavy (non-hydrogen) atoms. The number of sulfonamides is 1. The standard InChI is InChI=1S/C26H27BrN2O3S/c1-18-9-13-25(14-10-18)33(31,32)29(24-8-4-7-23(27)16-24)17-26(30)28-19(2)21-12-11-20-5-3-6-22(20)15-21/h4,7-16,19H,3,5-6,17H2,1-2H3,(H,28,30)/t19-/m0/s1. The highest BCUT2D eigenvalue weighted by molar-refractivity contribution is 9.10. The van der Waals surface area contributed by atoms with E-state index >= 15 is 0 Å². The zero-order valence-electron chi connectivity index (χ0n) is 18.7. The van der Waals surface area contributed by atoms with Gasteiger partial charge in [-0.05, 0) is 80.1 Å². The summed E-state index contributed by atoms with van der Waals surface area (Å²) in [6, 6.07) is 19.7. The van der Waals surface area contributed by atoms with Crippen LogP contribution in [0, 0.1) is 6.92 Å². The fourth-order valence-electron chi connectivity index (χ4n) is 4.15. The van der Waals surface area contributed by atoms with Crippen LogP contribution in [0.3, 0.4) is 0 Å². The van der Waals surface area contributed by atoms with Gasteiger partial charge in [0.2, 0.25) is 5.91 Å². The van der Waals surface area contributed by atoms with Gasteiger partial charge in [0.15, 0.2) is 0 Å². The third kappa shape index (κ3) is 5.31. The van der Waals surface area contributed by atoms with Crippen molar-refractivity contribution in [1.82, 2.24) is 5.32 Å². The highest BCUT2D eigenvalue weighted by Gasteiger charge is 2.28. The molecule has 1 atom stereocenters. The van der Waals surface area contributed by atoms with Crippen molar-refractivity contribution in [2.45, 2.75) is 44.0 Å². The maximum Gasteiger partial charge on any atom is 0.264 e. The van der Waals surface area contributed by atoms with E-state index in [0.717, 1.165) is 39.2 Å². The van der Waals surface area contributed by atoms with Crippen molar-refractivity contribution in [3.05, 3.63) is 93.5 Å². The second-order valence-corrected chi connectivity index (χ2v) is 11.3. The first-order valence-electron chi connectivity index (χ1n) is 11.0. The van der Waals surface area contributed by atoms with Gasteiger partial charge >= 0.3 is 0 Å². The lowest BCUT2D eigenvalue weighted by Crippen LogP contribution is -2.41. The fraction of sp³-hybridized carbons (Fsp3) is 0.269. The van der Waals surface area contributed by atoms with Crippen molar-refractivity contribution in [1.29, 1.82) is 0 Å². The van der Waals surface area contributed by atoms with E-state index in [-0.39, 0.29) is 23.4 Å². The summed E-state index contributed by atoms with van der Waals surface area (Å²) in [7, 11) is -3.94. The smallest absolute Gasteiger partial charge is 0.264 e. The van der Waals surface area contributed by atoms with E-state index in [4.69, 9.17) is 0 Å². The zero-order valence-corrected chi connectivity index (χ0v) is 21.1. The lowest BCUT2D eigenvalue weighted by atomic mass is 10.0. The molecule has 7 heteroatoms. The first kappa shape index (κ1) is 23.5. The number of fused-ring (bicyclic) bond motifs is 1. The molecule has 0 heterocycles. The molecule has 4 rings (SSSR count). The number of amides is 1. The fourth-order valence-corrected chi connectivity index (χ4v) is 5.95. The van der Waals surface area contributed by atoms with Gasteiger partial charge in [0.25, 0.3) is 10.0 Å². The topological polar surface area (TPSA) is 66.5 Å². The molecule has 3 aromatic carbocycles. The van der Waals surface area contributed by atoms with Crippen molar-refractivity contribution in [2.24, 2.45) is 0 Å². The number of carbonyl (C=O) groups is 1. The monoisotopic (exact) mass is 526 g/mol. The normalized spacial score (nSPS) is 13.9. The number of benzene rings is 3. The average molecular weight is 527 g/mol. The molecule has 0 saturated carbocycles. The van der Waals surface area contributed by atoms with Crippen LogP contribution in [0.15, 0.2) is 76.1 Å². The molecule has 0 fully saturated rings. The Balaban J connectivity index is 1.58. The molecule has 1 aliphatic rings. The van der Waals surface area contributed by atoms with E-state index in [1.54, 1.807) is 42.5 Å². The molecule has 0 radical (unpaired) electrons. The summed E-state index contributed by atoms with van der Waals surface area (Å²) >= 11 is 3.40. The molecule has 0 aliphatic heterocycles. The summed E-state index contributed by atoms with van der Waals surface area (Å²) in [6.07, 6.45) is 3.34. The highest BCUT2D eigenvalue weighted by atomic mass is 79.9. The van der Waals surface area contributed by atoms with Crippen LogP contribution in [-0.2, 0) is 27.7 Å². The molecule has 1 aliphatic carbocycles. The van der Waals surface area contributed by atoms with E-state index in [0.29, 0.717) is 5.69 Å². The Hall–Kier alpha value is -2.64. The molecule has 1 amide bonds. The lowest BCUT2D eigenvalue weighted by Gasteiger charge is -2.25. The lowest BCUT2D eigenvalue weighted by molar-refractivity contribution is -0.120. The van der Waals surface area contributed by atoms with Gasteiger partial charge in [-0.25, -0.2) is 8.42 Å². The van der Waals surface area contributed by atoms with Gasteiger partial charge in [-0.3, -0.25) is 9.10 Å². The first-order valence-corrected chi connectivity index (χ1v) is 13.2. The van der Waals surface area contributed by atoms with Gasteiger partial charge < -0.3 is 5.32 Å². The number of hydrogen-bond donors (Lipinski definition) is 1. The predicted octanol–water partition coefficient (Wildman–Crippen LogP) is 5.32. The number of anilines is 1. The van der Waals surface area contributed by atoms with E-state index in [2.05, 4.69) is 33.4 Å². The summed E-state index contributed by atoms with van der Waals surface area (Å²) < 4.78 is 28.9. The quantitative estimate of drug-likeness (QED) is 0.453. The molecule has 5 nitrogen and oxygen atoms in total. The number of hydrogen-bond acceptors (Lipinski definition) is 3. The van der Waals surface area contributed by atoms with Crippen LogP contribution in [0.1, 0.15) is 41.6 Å². The maximum atomic E-state index is 13.5. The predicted molar refractivity (Wildman–Crippen MR) is 135 cm³/mol. The van der Waals surface area contributed by atoms with Crippen LogP contribution >= 0.6 is 15.9 Å². The minimum Gasteiger partial charge on any atom is -0.348 e. The minimum absolute atomic E-state index is 0.146. The van der Waals surface area contributed by atoms with E-state index in [1.807, 2.05) is 26.0 Å². The summed E-state index contributed by atoms with van der Waals surface area (Å²) in [5.41, 5.74) is 5.13. The molecular formula is C26H27BrN2O3S. The summed E-state index contributed by atoms with van der Waals surface area (Å²) in [4.78, 5) is 13.2. The van der Waals surface area contributed by atoms with Crippen molar-refractivity contribution in [2.75, 3.05) is 10.8 Å². The molecule has 0 saturated heterocycles. The maximum absolute atomic E-state index is 13.5. The average Bonchev–Trinajstić information content (AvgIpc) is 3.25. The van der Waals surface area contributed by atoms with Crippen molar-refractivity contribution >= 4 is 37.5 Å². The van der Waals surface area contributed by atoms with Crippen LogP contribution in [0.25, 0.3) is 0 Å². The molecule has 0 spiro atoms. The number of nitrogens with zero attached hydrogens (tertiary/aromatic N) is 1. The number of nitrogens with one attached hydrogen (secondary N) is 1. The number of carbonyl (C=O) groups excluding carboxylic acids is 1. The van der Waals surface area contributed by atoms with Crippen molar-refractivity contribution in [3.8, 4) is 0 Å². The Bertz CT molecular complexity index is 1270. The van der Waals surface area contributed by atoms with Crippen LogP contribution in [0.2, 0.25) is 0 Å². The zero-order chi connectivity index (χ0) is 23.6. The van der Waals surface area contributed by atoms with Gasteiger partial charge in [-0.2, -0.15) is 0 Å². The summed E-state index contributed by atoms with van der Waals surface area (Å²) in [5, 5.41) is 2.98. The third-order valence-corrected chi connectivity index (χ3v) is 8.27. The number of halogens is 1. The Kier molecular flexibility index (Phi) is 6.91. The van der Waals surface area contributed by atoms with Crippen LogP contribution in [0.5, 0.6) is 0 Å². The Morgan fingerprint density at radius 2 is 1.76 bits per heavy atom. The van der Waals surface area contributed by atoms with Gasteiger partial charge in [0.1, 0.15) is 6.54 Å². The minimum atomic E-state index is -3.94. The molecule has 0 bridgehead atoms. The van der Waals surface area contributed by atoms with E-state index in [9.17, 15) is 13.2 Å². The third-order valence-electron chi connectivity index (χ3n) is 5.99. The second kappa shape index (κ2) is 9.69. The van der Waals surface area contributed by atoms with Crippen LogP contribution in [-0.4, -0.2) is 20.9 Å². The SMILES string of the molecule is Cc1ccc(S(=O)(=O)N(CC(=O)N[C@@H](C)c2ccc3c(c2)CCC3)c2cccc(Br)c2)cc1. The first-order chi connectivity index (χ1) is 15.7. The molecule has 0 aromatic heterocycles. The molecule has 3 aromatic rings. The Labute approximate surface area is 204 Å². The van der Waals surface area contributed by atoms with Crippen LogP contribution in [0.4, 0.5) is 5.69 Å². The summed E-state index contributed by atoms with van der Waals surface area (Å²) in [6.45, 7) is 3.50. The van der Waals surface area contributed by atoms with Crippen LogP contribution < -0.4 is 9.62 Å². The van der Waals surface area contributed by atoms with Gasteiger partial charge in [-0.1, -0.05) is 57.9 Å². The van der Waals surface area contributed by atoms with Crippen molar-refractivity contribution < 1.29 is 13.2 Å². The molecule has 1 N–H and O–H groups in total. The van der Waals surface area contributed by atoms with E-state index < -0.39 is 10.0 Å². The number of aryl methyl sites for hydroxylation is 3. The molecule has 0 unspecified atom stereocenters. The van der Waals surface area contributed by atoms with Crippen molar-refractivity contribution in [3.63, 3.8) is 0 Å². The van der Waals surface area contributed by atoms with Gasteiger partial charge in [0.05, 0.1) is 16.6 Å². The van der Waals surface area contributed by atoms with Gasteiger partial charge in [-0.15, -0.1) is 0 Å². The highest BCUT2D eigenvalue weighted by Crippen LogP contribution is 2.28. The second-order valence-electron chi connectivity index (χ2n) is 8.48. The largest absolute Gasteiger partial charge is 0.348 e. The molecule has 172 valence electrons.